The van der Waals surface area contributed by atoms with E-state index < -0.39 is 18.6 Å². The fraction of sp³-hybridized carbons (Fsp3) is 1.00. The number of nitrogens with one attached hydrogen (secondary N) is 1. The van der Waals surface area contributed by atoms with Gasteiger partial charge in [-0.15, -0.1) is 0 Å². The molecule has 1 rings (SSSR count). The van der Waals surface area contributed by atoms with Crippen LogP contribution in [0, 0.1) is 5.92 Å². The Balaban J connectivity index is 2.23. The van der Waals surface area contributed by atoms with E-state index in [-0.39, 0.29) is 6.54 Å². The molecule has 1 fully saturated rings. The van der Waals surface area contributed by atoms with Gasteiger partial charge in [0.2, 0.25) is 0 Å². The molecule has 0 heterocycles. The van der Waals surface area contributed by atoms with Crippen LogP contribution in [0.2, 0.25) is 0 Å². The van der Waals surface area contributed by atoms with Crippen molar-refractivity contribution in [1.82, 2.24) is 5.32 Å². The quantitative estimate of drug-likeness (QED) is 0.690. The largest absolute Gasteiger partial charge is 0.454 e. The van der Waals surface area contributed by atoms with E-state index >= 15 is 0 Å². The van der Waals surface area contributed by atoms with Crippen molar-refractivity contribution >= 4 is 0 Å². The minimum absolute atomic E-state index is 0.256. The Morgan fingerprint density at radius 3 is 2.00 bits per heavy atom. The summed E-state index contributed by atoms with van der Waals surface area (Å²) in [7, 11) is 0. The van der Waals surface area contributed by atoms with E-state index in [4.69, 9.17) is 0 Å². The lowest BCUT2D eigenvalue weighted by molar-refractivity contribution is -0.279. The molecule has 0 aromatic rings. The van der Waals surface area contributed by atoms with Gasteiger partial charge < -0.3 is 5.32 Å². The fourth-order valence-electron chi connectivity index (χ4n) is 0.855. The predicted octanol–water partition coefficient (Wildman–Crippen LogP) is 2.18. The number of rotatable bonds is 4. The zero-order valence-corrected chi connectivity index (χ0v) is 6.80. The molecule has 1 aliphatic rings. The third-order valence-corrected chi connectivity index (χ3v) is 1.89. The summed E-state index contributed by atoms with van der Waals surface area (Å²) >= 11 is 0. The number of hydrogen-bond acceptors (Lipinski definition) is 1. The second kappa shape index (κ2) is 3.40. The second-order valence-electron chi connectivity index (χ2n) is 3.28. The highest BCUT2D eigenvalue weighted by Crippen LogP contribution is 2.35. The summed E-state index contributed by atoms with van der Waals surface area (Å²) in [6.07, 6.45) is -3.60. The van der Waals surface area contributed by atoms with Crippen molar-refractivity contribution in [1.29, 1.82) is 0 Å². The SMILES string of the molecule is FC(F)(F)C(F)(F)CNCC1CC1. The first-order valence-corrected chi connectivity index (χ1v) is 3.98. The maximum atomic E-state index is 12.2. The van der Waals surface area contributed by atoms with E-state index in [0.717, 1.165) is 12.8 Å². The average molecular weight is 203 g/mol. The average Bonchev–Trinajstić information content (AvgIpc) is 2.68. The molecule has 1 saturated carbocycles. The van der Waals surface area contributed by atoms with Crippen LogP contribution in [0.15, 0.2) is 0 Å². The summed E-state index contributed by atoms with van der Waals surface area (Å²) in [5.74, 6) is -4.31. The predicted molar refractivity (Wildman–Crippen MR) is 36.6 cm³/mol. The molecule has 6 heteroatoms. The summed E-state index contributed by atoms with van der Waals surface area (Å²) < 4.78 is 59.2. The van der Waals surface area contributed by atoms with Crippen LogP contribution in [-0.2, 0) is 0 Å². The van der Waals surface area contributed by atoms with Gasteiger partial charge in [-0.05, 0) is 25.3 Å². The van der Waals surface area contributed by atoms with E-state index in [1.165, 1.54) is 0 Å². The topological polar surface area (TPSA) is 12.0 Å². The molecule has 0 aliphatic heterocycles. The molecule has 78 valence electrons. The Kier molecular flexibility index (Phi) is 2.79. The summed E-state index contributed by atoms with van der Waals surface area (Å²) in [5.41, 5.74) is 0. The third kappa shape index (κ3) is 3.10. The van der Waals surface area contributed by atoms with Crippen LogP contribution in [0.1, 0.15) is 12.8 Å². The molecule has 13 heavy (non-hydrogen) atoms. The number of alkyl halides is 5. The van der Waals surface area contributed by atoms with Gasteiger partial charge in [-0.2, -0.15) is 22.0 Å². The van der Waals surface area contributed by atoms with Crippen LogP contribution >= 0.6 is 0 Å². The van der Waals surface area contributed by atoms with E-state index in [1.807, 2.05) is 0 Å². The van der Waals surface area contributed by atoms with Crippen LogP contribution in [-0.4, -0.2) is 25.2 Å². The van der Waals surface area contributed by atoms with Crippen LogP contribution in [0.4, 0.5) is 22.0 Å². The van der Waals surface area contributed by atoms with E-state index in [0.29, 0.717) is 5.92 Å². The lowest BCUT2D eigenvalue weighted by atomic mass is 10.3. The zero-order valence-electron chi connectivity index (χ0n) is 6.80. The summed E-state index contributed by atoms with van der Waals surface area (Å²) in [6.45, 7) is -1.06. The van der Waals surface area contributed by atoms with Crippen LogP contribution in [0.5, 0.6) is 0 Å². The molecule has 0 amide bonds. The van der Waals surface area contributed by atoms with Crippen LogP contribution in [0.25, 0.3) is 0 Å². The van der Waals surface area contributed by atoms with E-state index in [1.54, 1.807) is 0 Å². The van der Waals surface area contributed by atoms with E-state index in [2.05, 4.69) is 5.32 Å². The first-order chi connectivity index (χ1) is 5.83. The van der Waals surface area contributed by atoms with Crippen LogP contribution in [0.3, 0.4) is 0 Å². The molecule has 0 aromatic heterocycles. The van der Waals surface area contributed by atoms with Crippen molar-refractivity contribution in [3.8, 4) is 0 Å². The Bertz CT molecular complexity index is 172. The smallest absolute Gasteiger partial charge is 0.311 e. The third-order valence-electron chi connectivity index (χ3n) is 1.89. The van der Waals surface area contributed by atoms with Gasteiger partial charge in [0.15, 0.2) is 0 Å². The second-order valence-corrected chi connectivity index (χ2v) is 3.28. The number of hydrogen-bond donors (Lipinski definition) is 1. The standard InChI is InChI=1S/C7H10F5N/c8-6(9,7(10,11)12)4-13-3-5-1-2-5/h5,13H,1-4H2. The van der Waals surface area contributed by atoms with Gasteiger partial charge >= 0.3 is 12.1 Å². The maximum Gasteiger partial charge on any atom is 0.454 e. The fourth-order valence-corrected chi connectivity index (χ4v) is 0.855. The van der Waals surface area contributed by atoms with Crippen molar-refractivity contribution in [3.63, 3.8) is 0 Å². The number of halogens is 5. The maximum absolute atomic E-state index is 12.2. The van der Waals surface area contributed by atoms with Crippen molar-refractivity contribution in [2.75, 3.05) is 13.1 Å². The van der Waals surface area contributed by atoms with Gasteiger partial charge in [-0.1, -0.05) is 0 Å². The molecule has 1 nitrogen and oxygen atoms in total. The highest BCUT2D eigenvalue weighted by molar-refractivity contribution is 4.81. The zero-order chi connectivity index (χ0) is 10.1. The highest BCUT2D eigenvalue weighted by atomic mass is 19.4. The Morgan fingerprint density at radius 1 is 1.08 bits per heavy atom. The lowest BCUT2D eigenvalue weighted by Crippen LogP contribution is -2.45. The Hall–Kier alpha value is -0.390. The molecule has 0 saturated heterocycles. The minimum atomic E-state index is -5.44. The summed E-state index contributed by atoms with van der Waals surface area (Å²) in [6, 6.07) is 0. The van der Waals surface area contributed by atoms with Gasteiger partial charge in [-0.3, -0.25) is 0 Å². The van der Waals surface area contributed by atoms with Gasteiger partial charge in [-0.25, -0.2) is 0 Å². The van der Waals surface area contributed by atoms with Crippen molar-refractivity contribution < 1.29 is 22.0 Å². The van der Waals surface area contributed by atoms with Crippen molar-refractivity contribution in [3.05, 3.63) is 0 Å². The van der Waals surface area contributed by atoms with Gasteiger partial charge in [0.1, 0.15) is 0 Å². The minimum Gasteiger partial charge on any atom is -0.311 e. The molecular weight excluding hydrogens is 193 g/mol. The molecule has 0 spiro atoms. The summed E-state index contributed by atoms with van der Waals surface area (Å²) in [5, 5.41) is 2.12. The first-order valence-electron chi connectivity index (χ1n) is 3.98. The Labute approximate surface area is 72.3 Å². The normalized spacial score (nSPS) is 19.2. The molecule has 0 aromatic carbocycles. The van der Waals surface area contributed by atoms with Gasteiger partial charge in [0.25, 0.3) is 0 Å². The van der Waals surface area contributed by atoms with Crippen molar-refractivity contribution in [2.45, 2.75) is 24.9 Å². The molecule has 0 bridgehead atoms. The molecule has 0 unspecified atom stereocenters. The molecule has 0 radical (unpaired) electrons. The van der Waals surface area contributed by atoms with E-state index in [9.17, 15) is 22.0 Å². The molecule has 1 N–H and O–H groups in total. The lowest BCUT2D eigenvalue weighted by Gasteiger charge is -2.19. The summed E-state index contributed by atoms with van der Waals surface area (Å²) in [4.78, 5) is 0. The first kappa shape index (κ1) is 10.7. The monoisotopic (exact) mass is 203 g/mol. The van der Waals surface area contributed by atoms with Gasteiger partial charge in [0, 0.05) is 0 Å². The van der Waals surface area contributed by atoms with Crippen molar-refractivity contribution in [2.24, 2.45) is 5.92 Å². The molecule has 0 atom stereocenters. The van der Waals surface area contributed by atoms with Gasteiger partial charge in [0.05, 0.1) is 6.54 Å². The Morgan fingerprint density at radius 2 is 1.62 bits per heavy atom. The highest BCUT2D eigenvalue weighted by Gasteiger charge is 2.56. The molecule has 1 aliphatic carbocycles. The van der Waals surface area contributed by atoms with Crippen LogP contribution < -0.4 is 5.32 Å². The molecular formula is C7H10F5N.